The Morgan fingerprint density at radius 2 is 1.69 bits per heavy atom. The maximum absolute atomic E-state index is 12.7. The normalized spacial score (nSPS) is 10.6. The van der Waals surface area contributed by atoms with Gasteiger partial charge in [-0.25, -0.2) is 4.79 Å². The van der Waals surface area contributed by atoms with Crippen LogP contribution in [0.1, 0.15) is 5.56 Å². The molecule has 1 N–H and O–H groups in total. The van der Waals surface area contributed by atoms with Crippen LogP contribution in [-0.2, 0) is 6.54 Å². The van der Waals surface area contributed by atoms with Gasteiger partial charge in [-0.05, 0) is 43.9 Å². The molecule has 2 amide bonds. The van der Waals surface area contributed by atoms with E-state index in [-0.39, 0.29) is 11.7 Å². The van der Waals surface area contributed by atoms with Crippen molar-refractivity contribution < 1.29 is 9.72 Å². The molecule has 2 rings (SSSR count). The van der Waals surface area contributed by atoms with Gasteiger partial charge in [-0.1, -0.05) is 28.1 Å². The molecule has 0 heterocycles. The zero-order chi connectivity index (χ0) is 19.1. The summed E-state index contributed by atoms with van der Waals surface area (Å²) in [6.45, 7) is 1.76. The Bertz CT molecular complexity index is 748. The van der Waals surface area contributed by atoms with Crippen molar-refractivity contribution in [2.24, 2.45) is 0 Å². The molecule has 0 aliphatic heterocycles. The van der Waals surface area contributed by atoms with E-state index in [4.69, 9.17) is 0 Å². The number of likely N-dealkylation sites (N-methyl/N-ethyl adjacent to an activating group) is 1. The van der Waals surface area contributed by atoms with Gasteiger partial charge in [0.2, 0.25) is 0 Å². The highest BCUT2D eigenvalue weighted by Crippen LogP contribution is 2.17. The van der Waals surface area contributed by atoms with E-state index in [0.29, 0.717) is 18.8 Å². The van der Waals surface area contributed by atoms with Crippen LogP contribution in [0.4, 0.5) is 16.2 Å². The van der Waals surface area contributed by atoms with Crippen LogP contribution < -0.4 is 5.32 Å². The van der Waals surface area contributed by atoms with E-state index >= 15 is 0 Å². The molecule has 26 heavy (non-hydrogen) atoms. The van der Waals surface area contributed by atoms with Crippen molar-refractivity contribution in [3.05, 3.63) is 68.7 Å². The summed E-state index contributed by atoms with van der Waals surface area (Å²) in [5.74, 6) is 0. The summed E-state index contributed by atoms with van der Waals surface area (Å²) in [4.78, 5) is 26.6. The average molecular weight is 421 g/mol. The summed E-state index contributed by atoms with van der Waals surface area (Å²) in [5.41, 5.74) is 1.53. The van der Waals surface area contributed by atoms with Gasteiger partial charge in [0.1, 0.15) is 0 Å². The first-order valence-corrected chi connectivity index (χ1v) is 8.84. The van der Waals surface area contributed by atoms with Gasteiger partial charge < -0.3 is 15.1 Å². The fourth-order valence-electron chi connectivity index (χ4n) is 2.25. The Balaban J connectivity index is 2.08. The number of halogens is 1. The number of amides is 2. The van der Waals surface area contributed by atoms with Crippen LogP contribution in [0.2, 0.25) is 0 Å². The molecule has 2 aromatic rings. The molecular formula is C18H21BrN4O3. The minimum Gasteiger partial charge on any atom is -0.319 e. The standard InChI is InChI=1S/C18H21BrN4O3/c1-21(2)11-12-22(13-14-3-5-15(19)6-4-14)18(24)20-16-7-9-17(10-8-16)23(25)26/h3-10H,11-13H2,1-2H3,(H,20,24). The van der Waals surface area contributed by atoms with E-state index in [0.717, 1.165) is 16.6 Å². The molecule has 0 bridgehead atoms. The Kier molecular flexibility index (Phi) is 7.11. The Morgan fingerprint density at radius 3 is 2.23 bits per heavy atom. The summed E-state index contributed by atoms with van der Waals surface area (Å²) in [5, 5.41) is 13.5. The number of benzene rings is 2. The van der Waals surface area contributed by atoms with E-state index in [9.17, 15) is 14.9 Å². The smallest absolute Gasteiger partial charge is 0.319 e. The first-order valence-electron chi connectivity index (χ1n) is 8.04. The number of urea groups is 1. The average Bonchev–Trinajstić information content (AvgIpc) is 2.60. The zero-order valence-corrected chi connectivity index (χ0v) is 16.3. The molecule has 0 radical (unpaired) electrons. The lowest BCUT2D eigenvalue weighted by molar-refractivity contribution is -0.384. The van der Waals surface area contributed by atoms with E-state index in [2.05, 4.69) is 21.2 Å². The van der Waals surface area contributed by atoms with Crippen molar-refractivity contribution in [2.45, 2.75) is 6.54 Å². The number of nitro benzene ring substituents is 1. The molecule has 0 saturated heterocycles. The quantitative estimate of drug-likeness (QED) is 0.543. The topological polar surface area (TPSA) is 78.7 Å². The highest BCUT2D eigenvalue weighted by Gasteiger charge is 2.15. The van der Waals surface area contributed by atoms with Crippen LogP contribution in [0.15, 0.2) is 53.0 Å². The van der Waals surface area contributed by atoms with Gasteiger partial charge in [0.05, 0.1) is 4.92 Å². The fraction of sp³-hybridized carbons (Fsp3) is 0.278. The van der Waals surface area contributed by atoms with Crippen LogP contribution in [0.5, 0.6) is 0 Å². The summed E-state index contributed by atoms with van der Waals surface area (Å²) in [6.07, 6.45) is 0. The van der Waals surface area contributed by atoms with Gasteiger partial charge in [0.15, 0.2) is 0 Å². The second-order valence-electron chi connectivity index (χ2n) is 6.09. The molecule has 0 fully saturated rings. The number of hydrogen-bond acceptors (Lipinski definition) is 4. The Morgan fingerprint density at radius 1 is 1.08 bits per heavy atom. The van der Waals surface area contributed by atoms with E-state index < -0.39 is 4.92 Å². The predicted molar refractivity (Wildman–Crippen MR) is 105 cm³/mol. The molecule has 0 saturated carbocycles. The number of hydrogen-bond donors (Lipinski definition) is 1. The minimum absolute atomic E-state index is 0.0117. The molecule has 7 nitrogen and oxygen atoms in total. The van der Waals surface area contributed by atoms with Crippen LogP contribution in [-0.4, -0.2) is 47.9 Å². The van der Waals surface area contributed by atoms with Crippen molar-refractivity contribution in [3.8, 4) is 0 Å². The molecule has 0 aliphatic carbocycles. The molecular weight excluding hydrogens is 400 g/mol. The number of carbonyl (C=O) groups excluding carboxylic acids is 1. The molecule has 8 heteroatoms. The van der Waals surface area contributed by atoms with Crippen LogP contribution >= 0.6 is 15.9 Å². The molecule has 0 aromatic heterocycles. The zero-order valence-electron chi connectivity index (χ0n) is 14.7. The van der Waals surface area contributed by atoms with E-state index in [1.54, 1.807) is 4.90 Å². The van der Waals surface area contributed by atoms with Gasteiger partial charge in [-0.3, -0.25) is 10.1 Å². The number of rotatable bonds is 7. The maximum Gasteiger partial charge on any atom is 0.322 e. The van der Waals surface area contributed by atoms with Crippen molar-refractivity contribution in [3.63, 3.8) is 0 Å². The predicted octanol–water partition coefficient (Wildman–Crippen LogP) is 3.95. The first kappa shape index (κ1) is 19.9. The van der Waals surface area contributed by atoms with Crippen molar-refractivity contribution >= 4 is 33.3 Å². The second kappa shape index (κ2) is 9.30. The second-order valence-corrected chi connectivity index (χ2v) is 7.00. The lowest BCUT2D eigenvalue weighted by atomic mass is 10.2. The number of anilines is 1. The molecule has 138 valence electrons. The fourth-order valence-corrected chi connectivity index (χ4v) is 2.52. The third-order valence-electron chi connectivity index (χ3n) is 3.72. The summed E-state index contributed by atoms with van der Waals surface area (Å²) in [6, 6.07) is 13.4. The first-order chi connectivity index (χ1) is 12.3. The van der Waals surface area contributed by atoms with Crippen LogP contribution in [0, 0.1) is 10.1 Å². The lowest BCUT2D eigenvalue weighted by Crippen LogP contribution is -2.39. The third kappa shape index (κ3) is 6.12. The van der Waals surface area contributed by atoms with Gasteiger partial charge in [0, 0.05) is 41.9 Å². The number of nitrogens with zero attached hydrogens (tertiary/aromatic N) is 3. The largest absolute Gasteiger partial charge is 0.322 e. The van der Waals surface area contributed by atoms with E-state index in [1.165, 1.54) is 24.3 Å². The van der Waals surface area contributed by atoms with Crippen molar-refractivity contribution in [1.29, 1.82) is 0 Å². The number of nitro groups is 1. The number of nitrogens with one attached hydrogen (secondary N) is 1. The van der Waals surface area contributed by atoms with Gasteiger partial charge in [-0.15, -0.1) is 0 Å². The van der Waals surface area contributed by atoms with Crippen LogP contribution in [0.25, 0.3) is 0 Å². The molecule has 2 aromatic carbocycles. The summed E-state index contributed by atoms with van der Waals surface area (Å²) in [7, 11) is 3.90. The monoisotopic (exact) mass is 420 g/mol. The van der Waals surface area contributed by atoms with Crippen molar-refractivity contribution in [1.82, 2.24) is 9.80 Å². The Labute approximate surface area is 160 Å². The van der Waals surface area contributed by atoms with Gasteiger partial charge in [0.25, 0.3) is 5.69 Å². The highest BCUT2D eigenvalue weighted by molar-refractivity contribution is 9.10. The third-order valence-corrected chi connectivity index (χ3v) is 4.25. The molecule has 0 atom stereocenters. The SMILES string of the molecule is CN(C)CCN(Cc1ccc(Br)cc1)C(=O)Nc1ccc([N+](=O)[O-])cc1. The summed E-state index contributed by atoms with van der Waals surface area (Å²) < 4.78 is 0.983. The molecule has 0 spiro atoms. The van der Waals surface area contributed by atoms with Crippen LogP contribution in [0.3, 0.4) is 0 Å². The van der Waals surface area contributed by atoms with Gasteiger partial charge >= 0.3 is 6.03 Å². The summed E-state index contributed by atoms with van der Waals surface area (Å²) >= 11 is 3.40. The van der Waals surface area contributed by atoms with Crippen molar-refractivity contribution in [2.75, 3.05) is 32.5 Å². The number of non-ortho nitro benzene ring substituents is 1. The van der Waals surface area contributed by atoms with E-state index in [1.807, 2.05) is 43.3 Å². The maximum atomic E-state index is 12.7. The number of carbonyl (C=O) groups is 1. The molecule has 0 unspecified atom stereocenters. The highest BCUT2D eigenvalue weighted by atomic mass is 79.9. The Hall–Kier alpha value is -2.45. The lowest BCUT2D eigenvalue weighted by Gasteiger charge is -2.25. The minimum atomic E-state index is -0.470. The molecule has 0 aliphatic rings. The van der Waals surface area contributed by atoms with Gasteiger partial charge in [-0.2, -0.15) is 0 Å².